The maximum absolute atomic E-state index is 12.8. The number of pyridine rings is 1. The summed E-state index contributed by atoms with van der Waals surface area (Å²) in [4.78, 5) is 13.3. The molecule has 0 aliphatic heterocycles. The predicted octanol–water partition coefficient (Wildman–Crippen LogP) is 1.13. The number of carbonyl (C=O) groups is 1. The summed E-state index contributed by atoms with van der Waals surface area (Å²) < 4.78 is 25.5. The van der Waals surface area contributed by atoms with Crippen LogP contribution in [0, 0.1) is 11.3 Å². The summed E-state index contributed by atoms with van der Waals surface area (Å²) in [5, 5.41) is 16.5. The first kappa shape index (κ1) is 10.1. The van der Waals surface area contributed by atoms with E-state index in [4.69, 9.17) is 10.4 Å². The Labute approximate surface area is 77.4 Å². The molecule has 1 heterocycles. The average Bonchev–Trinajstić information content (AvgIpc) is 2.17. The Hall–Kier alpha value is -2.03. The maximum atomic E-state index is 12.8. The molecule has 0 bridgehead atoms. The van der Waals surface area contributed by atoms with Crippen LogP contribution in [0.1, 0.15) is 11.3 Å². The van der Waals surface area contributed by atoms with Crippen LogP contribution < -0.4 is 0 Å². The van der Waals surface area contributed by atoms with Gasteiger partial charge in [-0.2, -0.15) is 14.0 Å². The van der Waals surface area contributed by atoms with Gasteiger partial charge in [-0.3, -0.25) is 4.98 Å². The number of nitriles is 1. The second kappa shape index (κ2) is 3.38. The Balaban J connectivity index is 3.10. The molecule has 0 aliphatic rings. The van der Waals surface area contributed by atoms with E-state index >= 15 is 0 Å². The van der Waals surface area contributed by atoms with Gasteiger partial charge in [0, 0.05) is 6.20 Å². The third-order valence-electron chi connectivity index (χ3n) is 1.48. The van der Waals surface area contributed by atoms with Crippen molar-refractivity contribution in [1.29, 1.82) is 5.26 Å². The highest BCUT2D eigenvalue weighted by molar-refractivity contribution is 5.76. The highest BCUT2D eigenvalue weighted by Gasteiger charge is 2.42. The largest absolute Gasteiger partial charge is 0.476 e. The van der Waals surface area contributed by atoms with E-state index in [2.05, 4.69) is 4.98 Å². The third kappa shape index (κ3) is 1.66. The molecule has 0 aliphatic carbocycles. The van der Waals surface area contributed by atoms with Crippen molar-refractivity contribution >= 4 is 5.97 Å². The number of hydrogen-bond acceptors (Lipinski definition) is 3. The number of aliphatic carboxylic acids is 1. The summed E-state index contributed by atoms with van der Waals surface area (Å²) in [6.07, 6.45) is 0.895. The van der Waals surface area contributed by atoms with Gasteiger partial charge >= 0.3 is 11.9 Å². The molecule has 4 nitrogen and oxygen atoms in total. The maximum Gasteiger partial charge on any atom is 0.384 e. The number of carboxylic acid groups (broad SMARTS) is 1. The minimum Gasteiger partial charge on any atom is -0.476 e. The van der Waals surface area contributed by atoms with Crippen LogP contribution in [0.3, 0.4) is 0 Å². The second-order valence-corrected chi connectivity index (χ2v) is 2.42. The van der Waals surface area contributed by atoms with E-state index in [1.165, 1.54) is 0 Å². The molecule has 1 N–H and O–H groups in total. The normalized spacial score (nSPS) is 10.6. The third-order valence-corrected chi connectivity index (χ3v) is 1.48. The van der Waals surface area contributed by atoms with Gasteiger partial charge < -0.3 is 5.11 Å². The number of carboxylic acids is 1. The minimum atomic E-state index is -4.02. The van der Waals surface area contributed by atoms with Gasteiger partial charge in [-0.25, -0.2) is 4.79 Å². The molecule has 14 heavy (non-hydrogen) atoms. The van der Waals surface area contributed by atoms with Gasteiger partial charge in [0.05, 0.1) is 5.56 Å². The summed E-state index contributed by atoms with van der Waals surface area (Å²) in [5.74, 6) is -6.29. The van der Waals surface area contributed by atoms with Crippen LogP contribution in [0.5, 0.6) is 0 Å². The molecule has 72 valence electrons. The van der Waals surface area contributed by atoms with Crippen molar-refractivity contribution in [2.45, 2.75) is 5.92 Å². The van der Waals surface area contributed by atoms with Crippen molar-refractivity contribution in [2.24, 2.45) is 0 Å². The predicted molar refractivity (Wildman–Crippen MR) is 40.5 cm³/mol. The SMILES string of the molecule is N#Cc1ccc(C(F)(F)C(=O)O)nc1. The lowest BCUT2D eigenvalue weighted by atomic mass is 10.2. The average molecular weight is 198 g/mol. The lowest BCUT2D eigenvalue weighted by Gasteiger charge is -2.09. The monoisotopic (exact) mass is 198 g/mol. The molecule has 0 fully saturated rings. The summed E-state index contributed by atoms with van der Waals surface area (Å²) >= 11 is 0. The van der Waals surface area contributed by atoms with Crippen molar-refractivity contribution in [3.63, 3.8) is 0 Å². The smallest absolute Gasteiger partial charge is 0.384 e. The molecule has 0 atom stereocenters. The van der Waals surface area contributed by atoms with Crippen molar-refractivity contribution in [3.8, 4) is 6.07 Å². The molecule has 0 amide bonds. The van der Waals surface area contributed by atoms with Crippen LogP contribution in [-0.2, 0) is 10.7 Å². The van der Waals surface area contributed by atoms with Gasteiger partial charge in [-0.1, -0.05) is 0 Å². The Morgan fingerprint density at radius 2 is 2.21 bits per heavy atom. The lowest BCUT2D eigenvalue weighted by Crippen LogP contribution is -2.26. The summed E-state index contributed by atoms with van der Waals surface area (Å²) in [5.41, 5.74) is -0.793. The second-order valence-electron chi connectivity index (χ2n) is 2.42. The van der Waals surface area contributed by atoms with E-state index < -0.39 is 17.6 Å². The van der Waals surface area contributed by atoms with Crippen LogP contribution in [0.15, 0.2) is 18.3 Å². The van der Waals surface area contributed by atoms with Crippen LogP contribution in [0.4, 0.5) is 8.78 Å². The van der Waals surface area contributed by atoms with Crippen LogP contribution in [0.2, 0.25) is 0 Å². The first-order valence-corrected chi connectivity index (χ1v) is 3.46. The van der Waals surface area contributed by atoms with Crippen LogP contribution in [0.25, 0.3) is 0 Å². The van der Waals surface area contributed by atoms with Crippen molar-refractivity contribution in [2.75, 3.05) is 0 Å². The topological polar surface area (TPSA) is 74.0 Å². The van der Waals surface area contributed by atoms with Gasteiger partial charge in [-0.05, 0) is 12.1 Å². The number of hydrogen-bond donors (Lipinski definition) is 1. The van der Waals surface area contributed by atoms with E-state index in [0.29, 0.717) is 0 Å². The quantitative estimate of drug-likeness (QED) is 0.772. The van der Waals surface area contributed by atoms with E-state index in [0.717, 1.165) is 18.3 Å². The highest BCUT2D eigenvalue weighted by atomic mass is 19.3. The fourth-order valence-corrected chi connectivity index (χ4v) is 0.755. The molecule has 0 saturated carbocycles. The zero-order valence-electron chi connectivity index (χ0n) is 6.74. The molecule has 0 unspecified atom stereocenters. The summed E-state index contributed by atoms with van der Waals surface area (Å²) in [6, 6.07) is 3.57. The number of alkyl halides is 2. The molecule has 1 rings (SSSR count). The number of nitrogens with zero attached hydrogens (tertiary/aromatic N) is 2. The van der Waals surface area contributed by atoms with Gasteiger partial charge in [-0.15, -0.1) is 0 Å². The zero-order chi connectivity index (χ0) is 10.8. The Morgan fingerprint density at radius 1 is 1.57 bits per heavy atom. The Bertz CT molecular complexity index is 395. The minimum absolute atomic E-state index is 0.0925. The molecule has 0 spiro atoms. The zero-order valence-corrected chi connectivity index (χ0v) is 6.74. The molecule has 6 heteroatoms. The number of rotatable bonds is 2. The molecular weight excluding hydrogens is 194 g/mol. The standard InChI is InChI=1S/C8H4F2N2O2/c9-8(10,7(13)14)6-2-1-5(3-11)4-12-6/h1-2,4H,(H,13,14). The Kier molecular flexibility index (Phi) is 2.42. The van der Waals surface area contributed by atoms with Gasteiger partial charge in [0.25, 0.3) is 0 Å². The van der Waals surface area contributed by atoms with E-state index in [1.807, 2.05) is 0 Å². The fraction of sp³-hybridized carbons (Fsp3) is 0.125. The summed E-state index contributed by atoms with van der Waals surface area (Å²) in [6.45, 7) is 0. The van der Waals surface area contributed by atoms with Gasteiger partial charge in [0.2, 0.25) is 0 Å². The van der Waals surface area contributed by atoms with Gasteiger partial charge in [0.1, 0.15) is 11.8 Å². The number of halogens is 2. The fourth-order valence-electron chi connectivity index (χ4n) is 0.755. The summed E-state index contributed by atoms with van der Waals surface area (Å²) in [7, 11) is 0. The Morgan fingerprint density at radius 3 is 2.57 bits per heavy atom. The molecule has 1 aromatic heterocycles. The first-order chi connectivity index (χ1) is 6.48. The van der Waals surface area contributed by atoms with Crippen molar-refractivity contribution < 1.29 is 18.7 Å². The number of aromatic nitrogens is 1. The van der Waals surface area contributed by atoms with E-state index in [-0.39, 0.29) is 5.56 Å². The molecule has 0 aromatic carbocycles. The van der Waals surface area contributed by atoms with Crippen molar-refractivity contribution in [3.05, 3.63) is 29.6 Å². The van der Waals surface area contributed by atoms with E-state index in [1.54, 1.807) is 6.07 Å². The van der Waals surface area contributed by atoms with Crippen LogP contribution >= 0.6 is 0 Å². The van der Waals surface area contributed by atoms with Crippen molar-refractivity contribution in [1.82, 2.24) is 4.98 Å². The molecule has 0 saturated heterocycles. The van der Waals surface area contributed by atoms with Crippen LogP contribution in [-0.4, -0.2) is 16.1 Å². The van der Waals surface area contributed by atoms with E-state index in [9.17, 15) is 13.6 Å². The molecule has 1 aromatic rings. The highest BCUT2D eigenvalue weighted by Crippen LogP contribution is 2.26. The first-order valence-electron chi connectivity index (χ1n) is 3.46. The lowest BCUT2D eigenvalue weighted by molar-refractivity contribution is -0.166. The molecule has 0 radical (unpaired) electrons. The van der Waals surface area contributed by atoms with Gasteiger partial charge in [0.15, 0.2) is 0 Å². The molecular formula is C8H4F2N2O2.